The highest BCUT2D eigenvalue weighted by molar-refractivity contribution is 6.09. The number of para-hydroxylation sites is 2. The highest BCUT2D eigenvalue weighted by Gasteiger charge is 2.51. The second-order valence-corrected chi connectivity index (χ2v) is 12.6. The number of ether oxygens (including phenoxy) is 1. The van der Waals surface area contributed by atoms with Gasteiger partial charge in [0.15, 0.2) is 0 Å². The van der Waals surface area contributed by atoms with E-state index < -0.39 is 0 Å². The van der Waals surface area contributed by atoms with Crippen LogP contribution < -0.4 is 14.5 Å². The lowest BCUT2D eigenvalue weighted by atomic mass is 9.60. The Bertz CT molecular complexity index is 2040. The van der Waals surface area contributed by atoms with E-state index in [4.69, 9.17) is 4.74 Å². The number of hydrogen-bond acceptors (Lipinski definition) is 4. The zero-order chi connectivity index (χ0) is 29.3. The van der Waals surface area contributed by atoms with Crippen LogP contribution in [0.4, 0.5) is 11.4 Å². The van der Waals surface area contributed by atoms with Gasteiger partial charge in [-0.1, -0.05) is 76.2 Å². The molecule has 0 atom stereocenters. The monoisotopic (exact) mass is 562 g/mol. The first-order valence-electron chi connectivity index (χ1n) is 14.9. The average Bonchev–Trinajstić information content (AvgIpc) is 3.62. The van der Waals surface area contributed by atoms with Crippen molar-refractivity contribution in [3.63, 3.8) is 0 Å². The zero-order valence-electron chi connectivity index (χ0n) is 25.0. The highest BCUT2D eigenvalue weighted by atomic mass is 16.5. The summed E-state index contributed by atoms with van der Waals surface area (Å²) in [6.45, 7) is 10.2. The number of hydrogen-bond donors (Lipinski definition) is 0. The maximum atomic E-state index is 6.63. The molecule has 2 aliphatic heterocycles. The molecule has 5 nitrogen and oxygen atoms in total. The van der Waals surface area contributed by atoms with Gasteiger partial charge in [-0.05, 0) is 54.1 Å². The Labute approximate surface area is 252 Å². The molecule has 0 radical (unpaired) electrons. The first-order chi connectivity index (χ1) is 20.8. The topological polar surface area (TPSA) is 33.5 Å². The summed E-state index contributed by atoms with van der Waals surface area (Å²) in [6, 6.07) is 38.1. The fourth-order valence-electron chi connectivity index (χ4n) is 6.83. The van der Waals surface area contributed by atoms with E-state index in [1.807, 2.05) is 24.4 Å². The summed E-state index contributed by atoms with van der Waals surface area (Å²) in [5, 5.41) is 2.38. The van der Waals surface area contributed by atoms with Gasteiger partial charge in [0.25, 0.3) is 0 Å². The molecule has 0 amide bonds. The SMILES string of the molecule is CC1(C)C2=CN(c3ccccc3)CN2c2cc(Oc3ccc4c5ccccc5n(-c5ccccn5)c4c3)ccc2C1(C)C. The Morgan fingerprint density at radius 3 is 2.21 bits per heavy atom. The summed E-state index contributed by atoms with van der Waals surface area (Å²) in [7, 11) is 0. The number of nitrogens with zero attached hydrogens (tertiary/aromatic N) is 4. The Balaban J connectivity index is 1.21. The molecule has 5 heteroatoms. The van der Waals surface area contributed by atoms with E-state index >= 15 is 0 Å². The molecular weight excluding hydrogens is 528 g/mol. The van der Waals surface area contributed by atoms with Crippen LogP contribution in [0.5, 0.6) is 11.5 Å². The molecule has 6 aromatic rings. The molecule has 4 heterocycles. The second-order valence-electron chi connectivity index (χ2n) is 12.6. The smallest absolute Gasteiger partial charge is 0.137 e. The summed E-state index contributed by atoms with van der Waals surface area (Å²) < 4.78 is 8.84. The lowest BCUT2D eigenvalue weighted by molar-refractivity contribution is 0.235. The van der Waals surface area contributed by atoms with Crippen LogP contribution in [-0.2, 0) is 5.41 Å². The van der Waals surface area contributed by atoms with Gasteiger partial charge in [0.05, 0.1) is 23.4 Å². The zero-order valence-corrected chi connectivity index (χ0v) is 25.0. The molecule has 212 valence electrons. The van der Waals surface area contributed by atoms with Gasteiger partial charge in [0.2, 0.25) is 0 Å². The number of pyridine rings is 1. The predicted molar refractivity (Wildman–Crippen MR) is 176 cm³/mol. The van der Waals surface area contributed by atoms with Crippen molar-refractivity contribution < 1.29 is 4.74 Å². The molecule has 0 bridgehead atoms. The Morgan fingerprint density at radius 2 is 1.40 bits per heavy atom. The van der Waals surface area contributed by atoms with Crippen molar-refractivity contribution in [1.29, 1.82) is 0 Å². The Morgan fingerprint density at radius 1 is 0.674 bits per heavy atom. The summed E-state index contributed by atoms with van der Waals surface area (Å²) >= 11 is 0. The summed E-state index contributed by atoms with van der Waals surface area (Å²) in [5.41, 5.74) is 7.13. The first-order valence-corrected chi connectivity index (χ1v) is 14.9. The van der Waals surface area contributed by atoms with E-state index in [9.17, 15) is 0 Å². The Kier molecular flexibility index (Phi) is 5.51. The van der Waals surface area contributed by atoms with Crippen molar-refractivity contribution in [2.75, 3.05) is 16.5 Å². The van der Waals surface area contributed by atoms with Gasteiger partial charge in [-0.3, -0.25) is 4.57 Å². The van der Waals surface area contributed by atoms with Gasteiger partial charge >= 0.3 is 0 Å². The van der Waals surface area contributed by atoms with Crippen LogP contribution in [0.3, 0.4) is 0 Å². The number of benzene rings is 4. The van der Waals surface area contributed by atoms with E-state index in [1.165, 1.54) is 33.4 Å². The van der Waals surface area contributed by atoms with Crippen molar-refractivity contribution in [2.24, 2.45) is 5.41 Å². The predicted octanol–water partition coefficient (Wildman–Crippen LogP) is 9.41. The van der Waals surface area contributed by atoms with Crippen molar-refractivity contribution >= 4 is 33.2 Å². The van der Waals surface area contributed by atoms with Crippen molar-refractivity contribution in [2.45, 2.75) is 33.1 Å². The molecule has 2 aromatic heterocycles. The van der Waals surface area contributed by atoms with Crippen LogP contribution in [-0.4, -0.2) is 16.2 Å². The molecule has 0 unspecified atom stereocenters. The van der Waals surface area contributed by atoms with Crippen LogP contribution in [0.15, 0.2) is 127 Å². The minimum atomic E-state index is -0.0710. The average molecular weight is 563 g/mol. The lowest BCUT2D eigenvalue weighted by Crippen LogP contribution is -2.48. The molecule has 0 spiro atoms. The molecule has 0 saturated heterocycles. The maximum absolute atomic E-state index is 6.63. The quantitative estimate of drug-likeness (QED) is 0.214. The third-order valence-corrected chi connectivity index (χ3v) is 9.85. The maximum Gasteiger partial charge on any atom is 0.137 e. The Hall–Kier alpha value is -5.03. The molecule has 4 aromatic carbocycles. The summed E-state index contributed by atoms with van der Waals surface area (Å²) in [6.07, 6.45) is 4.17. The largest absolute Gasteiger partial charge is 0.457 e. The van der Waals surface area contributed by atoms with E-state index in [0.717, 1.165) is 35.0 Å². The minimum absolute atomic E-state index is 0.0597. The highest BCUT2D eigenvalue weighted by Crippen LogP contribution is 2.57. The number of rotatable bonds is 4. The van der Waals surface area contributed by atoms with E-state index in [1.54, 1.807) is 0 Å². The van der Waals surface area contributed by atoms with Crippen LogP contribution in [0.1, 0.15) is 33.3 Å². The molecule has 0 fully saturated rings. The fraction of sp³-hybridized carbons (Fsp3) is 0.184. The number of anilines is 2. The van der Waals surface area contributed by atoms with Gasteiger partial charge < -0.3 is 14.5 Å². The van der Waals surface area contributed by atoms with Gasteiger partial charge in [0, 0.05) is 57.5 Å². The van der Waals surface area contributed by atoms with E-state index in [0.29, 0.717) is 0 Å². The summed E-state index contributed by atoms with van der Waals surface area (Å²) in [4.78, 5) is 9.48. The molecular formula is C38H34N4O. The first kappa shape index (κ1) is 25.7. The minimum Gasteiger partial charge on any atom is -0.457 e. The molecule has 0 saturated carbocycles. The summed E-state index contributed by atoms with van der Waals surface area (Å²) in [5.74, 6) is 2.51. The number of allylic oxidation sites excluding steroid dienone is 1. The van der Waals surface area contributed by atoms with Crippen LogP contribution in [0.25, 0.3) is 27.6 Å². The lowest BCUT2D eigenvalue weighted by Gasteiger charge is -2.51. The standard InChI is InChI=1S/C38H34N4O/c1-37(2)31-20-18-28(23-34(31)41-25-40(24-35(41)38(37,3)4)26-12-6-5-7-13-26)43-27-17-19-30-29-14-8-9-15-32(29)42(33(30)22-27)36-16-10-11-21-39-36/h5-24H,25H2,1-4H3. The van der Waals surface area contributed by atoms with Gasteiger partial charge in [-0.15, -0.1) is 0 Å². The van der Waals surface area contributed by atoms with Crippen LogP contribution in [0, 0.1) is 5.41 Å². The molecule has 0 aliphatic carbocycles. The third-order valence-electron chi connectivity index (χ3n) is 9.85. The van der Waals surface area contributed by atoms with E-state index in [-0.39, 0.29) is 10.8 Å². The van der Waals surface area contributed by atoms with E-state index in [2.05, 4.69) is 144 Å². The van der Waals surface area contributed by atoms with Gasteiger partial charge in [-0.2, -0.15) is 0 Å². The molecule has 2 aliphatic rings. The van der Waals surface area contributed by atoms with Crippen molar-refractivity contribution in [3.05, 3.63) is 133 Å². The van der Waals surface area contributed by atoms with Crippen LogP contribution >= 0.6 is 0 Å². The van der Waals surface area contributed by atoms with Crippen molar-refractivity contribution in [3.8, 4) is 17.3 Å². The molecule has 43 heavy (non-hydrogen) atoms. The second kappa shape index (κ2) is 9.23. The van der Waals surface area contributed by atoms with Gasteiger partial charge in [-0.25, -0.2) is 4.98 Å². The molecule has 8 rings (SSSR count). The number of aromatic nitrogens is 2. The van der Waals surface area contributed by atoms with Crippen molar-refractivity contribution in [1.82, 2.24) is 9.55 Å². The van der Waals surface area contributed by atoms with Crippen LogP contribution in [0.2, 0.25) is 0 Å². The number of fused-ring (bicyclic) bond motifs is 6. The fourth-order valence-corrected chi connectivity index (χ4v) is 6.83. The van der Waals surface area contributed by atoms with Gasteiger partial charge in [0.1, 0.15) is 17.3 Å². The molecule has 0 N–H and O–H groups in total. The third kappa shape index (κ3) is 3.81. The normalized spacial score (nSPS) is 16.7.